The van der Waals surface area contributed by atoms with Crippen molar-refractivity contribution < 1.29 is 19.3 Å². The summed E-state index contributed by atoms with van der Waals surface area (Å²) in [6.45, 7) is 7.57. The SMILES string of the molecule is COc1cc(CN2CCCC(O)(COc3cc(C)ccc3Cl)C2)ccc1OCCn1ccnc1C. The highest BCUT2D eigenvalue weighted by Gasteiger charge is 2.34. The van der Waals surface area contributed by atoms with Crippen molar-refractivity contribution in [3.8, 4) is 17.2 Å². The van der Waals surface area contributed by atoms with Gasteiger partial charge in [-0.15, -0.1) is 0 Å². The van der Waals surface area contributed by atoms with Gasteiger partial charge < -0.3 is 23.9 Å². The van der Waals surface area contributed by atoms with Gasteiger partial charge in [0, 0.05) is 25.5 Å². The van der Waals surface area contributed by atoms with Gasteiger partial charge in [0.2, 0.25) is 0 Å². The number of piperidine rings is 1. The molecule has 2 heterocycles. The van der Waals surface area contributed by atoms with Crippen LogP contribution in [0, 0.1) is 13.8 Å². The van der Waals surface area contributed by atoms with Crippen molar-refractivity contribution in [1.82, 2.24) is 14.5 Å². The number of aliphatic hydroxyl groups is 1. The summed E-state index contributed by atoms with van der Waals surface area (Å²) in [4.78, 5) is 6.49. The van der Waals surface area contributed by atoms with Crippen LogP contribution in [0.4, 0.5) is 0 Å². The van der Waals surface area contributed by atoms with E-state index in [-0.39, 0.29) is 6.61 Å². The summed E-state index contributed by atoms with van der Waals surface area (Å²) < 4.78 is 19.5. The number of nitrogens with zero attached hydrogens (tertiary/aromatic N) is 3. The van der Waals surface area contributed by atoms with Crippen molar-refractivity contribution in [3.63, 3.8) is 0 Å². The van der Waals surface area contributed by atoms with E-state index in [0.29, 0.717) is 48.4 Å². The molecule has 188 valence electrons. The molecule has 0 saturated carbocycles. The number of rotatable bonds is 10. The average molecular weight is 500 g/mol. The topological polar surface area (TPSA) is 69.0 Å². The molecule has 1 atom stereocenters. The van der Waals surface area contributed by atoms with Gasteiger partial charge in [-0.1, -0.05) is 23.7 Å². The zero-order valence-corrected chi connectivity index (χ0v) is 21.4. The number of aryl methyl sites for hydroxylation is 2. The molecular weight excluding hydrogens is 466 g/mol. The third-order valence-electron chi connectivity index (χ3n) is 6.37. The number of ether oxygens (including phenoxy) is 3. The Labute approximate surface area is 212 Å². The van der Waals surface area contributed by atoms with E-state index in [1.807, 2.05) is 50.4 Å². The third-order valence-corrected chi connectivity index (χ3v) is 6.68. The van der Waals surface area contributed by atoms with Crippen LogP contribution in [-0.2, 0) is 13.1 Å². The second kappa shape index (κ2) is 11.3. The molecule has 0 amide bonds. The van der Waals surface area contributed by atoms with Gasteiger partial charge in [-0.05, 0) is 68.6 Å². The average Bonchev–Trinajstić information content (AvgIpc) is 3.25. The summed E-state index contributed by atoms with van der Waals surface area (Å²) in [5.41, 5.74) is 1.25. The zero-order valence-electron chi connectivity index (χ0n) is 20.7. The monoisotopic (exact) mass is 499 g/mol. The molecule has 1 N–H and O–H groups in total. The fraction of sp³-hybridized carbons (Fsp3) is 0.444. The summed E-state index contributed by atoms with van der Waals surface area (Å²) in [5, 5.41) is 11.8. The molecule has 4 rings (SSSR count). The van der Waals surface area contributed by atoms with Crippen LogP contribution < -0.4 is 14.2 Å². The Bertz CT molecular complexity index is 1140. The van der Waals surface area contributed by atoms with Crippen molar-refractivity contribution in [2.24, 2.45) is 0 Å². The van der Waals surface area contributed by atoms with Gasteiger partial charge in [0.15, 0.2) is 11.5 Å². The van der Waals surface area contributed by atoms with Crippen molar-refractivity contribution >= 4 is 11.6 Å². The second-order valence-corrected chi connectivity index (χ2v) is 9.67. The van der Waals surface area contributed by atoms with Crippen LogP contribution in [-0.4, -0.2) is 58.6 Å². The lowest BCUT2D eigenvalue weighted by atomic mass is 9.93. The maximum Gasteiger partial charge on any atom is 0.161 e. The van der Waals surface area contributed by atoms with Crippen LogP contribution in [0.2, 0.25) is 5.02 Å². The molecule has 35 heavy (non-hydrogen) atoms. The number of imidazole rings is 1. The normalized spacial score (nSPS) is 18.4. The van der Waals surface area contributed by atoms with E-state index in [9.17, 15) is 5.11 Å². The Balaban J connectivity index is 1.33. The first-order valence-electron chi connectivity index (χ1n) is 12.0. The highest BCUT2D eigenvalue weighted by Crippen LogP contribution is 2.31. The molecular formula is C27H34ClN3O4. The molecule has 1 fully saturated rings. The van der Waals surface area contributed by atoms with Crippen molar-refractivity contribution in [2.45, 2.75) is 45.4 Å². The summed E-state index contributed by atoms with van der Waals surface area (Å²) in [7, 11) is 1.65. The molecule has 1 aliphatic heterocycles. The highest BCUT2D eigenvalue weighted by molar-refractivity contribution is 6.32. The zero-order chi connectivity index (χ0) is 24.8. The molecule has 0 aliphatic carbocycles. The summed E-state index contributed by atoms with van der Waals surface area (Å²) >= 11 is 6.26. The van der Waals surface area contributed by atoms with Gasteiger partial charge in [-0.3, -0.25) is 4.90 Å². The molecule has 1 saturated heterocycles. The minimum absolute atomic E-state index is 0.208. The lowest BCUT2D eigenvalue weighted by molar-refractivity contribution is -0.0621. The lowest BCUT2D eigenvalue weighted by Crippen LogP contribution is -2.51. The number of aromatic nitrogens is 2. The smallest absolute Gasteiger partial charge is 0.161 e. The number of methoxy groups -OCH3 is 1. The number of halogens is 1. The number of likely N-dealkylation sites (tertiary alicyclic amines) is 1. The number of β-amino-alcohol motifs (C(OH)–C–C–N with tert-alkyl or cyclic N) is 1. The van der Waals surface area contributed by atoms with Crippen LogP contribution in [0.3, 0.4) is 0 Å². The molecule has 1 aliphatic rings. The molecule has 8 heteroatoms. The molecule has 7 nitrogen and oxygen atoms in total. The van der Waals surface area contributed by atoms with Crippen LogP contribution in [0.15, 0.2) is 48.8 Å². The Kier molecular flexibility index (Phi) is 8.21. The Hall–Kier alpha value is -2.74. The first-order chi connectivity index (χ1) is 16.8. The number of benzene rings is 2. The number of hydrogen-bond donors (Lipinski definition) is 1. The summed E-state index contributed by atoms with van der Waals surface area (Å²) in [6, 6.07) is 11.7. The summed E-state index contributed by atoms with van der Waals surface area (Å²) in [5.74, 6) is 2.99. The Morgan fingerprint density at radius 2 is 1.94 bits per heavy atom. The van der Waals surface area contributed by atoms with Gasteiger partial charge in [-0.2, -0.15) is 0 Å². The van der Waals surface area contributed by atoms with Crippen molar-refractivity contribution in [3.05, 3.63) is 70.8 Å². The van der Waals surface area contributed by atoms with Crippen LogP contribution in [0.5, 0.6) is 17.2 Å². The van der Waals surface area contributed by atoms with E-state index in [0.717, 1.165) is 36.5 Å². The maximum atomic E-state index is 11.2. The van der Waals surface area contributed by atoms with E-state index in [2.05, 4.69) is 20.5 Å². The predicted octanol–water partition coefficient (Wildman–Crippen LogP) is 4.65. The van der Waals surface area contributed by atoms with E-state index in [1.165, 1.54) is 0 Å². The molecule has 1 aromatic heterocycles. The summed E-state index contributed by atoms with van der Waals surface area (Å²) in [6.07, 6.45) is 5.32. The van der Waals surface area contributed by atoms with Gasteiger partial charge >= 0.3 is 0 Å². The van der Waals surface area contributed by atoms with Crippen molar-refractivity contribution in [2.75, 3.05) is 33.4 Å². The van der Waals surface area contributed by atoms with Crippen LogP contribution in [0.1, 0.15) is 29.8 Å². The highest BCUT2D eigenvalue weighted by atomic mass is 35.5. The molecule has 2 aromatic carbocycles. The van der Waals surface area contributed by atoms with Gasteiger partial charge in [0.05, 0.1) is 18.7 Å². The van der Waals surface area contributed by atoms with Crippen LogP contribution >= 0.6 is 11.6 Å². The Morgan fingerprint density at radius 3 is 2.71 bits per heavy atom. The second-order valence-electron chi connectivity index (χ2n) is 9.26. The molecule has 0 radical (unpaired) electrons. The van der Waals surface area contributed by atoms with Gasteiger partial charge in [0.25, 0.3) is 0 Å². The molecule has 3 aromatic rings. The van der Waals surface area contributed by atoms with E-state index in [4.69, 9.17) is 25.8 Å². The van der Waals surface area contributed by atoms with Crippen LogP contribution in [0.25, 0.3) is 0 Å². The van der Waals surface area contributed by atoms with E-state index < -0.39 is 5.60 Å². The van der Waals surface area contributed by atoms with Gasteiger partial charge in [0.1, 0.15) is 30.4 Å². The first-order valence-corrected chi connectivity index (χ1v) is 12.3. The fourth-order valence-corrected chi connectivity index (χ4v) is 4.65. The largest absolute Gasteiger partial charge is 0.493 e. The first kappa shape index (κ1) is 25.4. The lowest BCUT2D eigenvalue weighted by Gasteiger charge is -2.39. The Morgan fingerprint density at radius 1 is 1.09 bits per heavy atom. The fourth-order valence-electron chi connectivity index (χ4n) is 4.47. The predicted molar refractivity (Wildman–Crippen MR) is 137 cm³/mol. The third kappa shape index (κ3) is 6.69. The molecule has 0 bridgehead atoms. The number of hydrogen-bond acceptors (Lipinski definition) is 6. The standard InChI is InChI=1S/C27H34ClN3O4/c1-20-5-7-23(28)25(15-20)35-19-27(32)9-4-11-30(18-27)17-22-6-8-24(26(16-22)33-3)34-14-13-31-12-10-29-21(31)2/h5-8,10,12,15-16,32H,4,9,11,13-14,17-19H2,1-3H3. The maximum absolute atomic E-state index is 11.2. The molecule has 1 unspecified atom stereocenters. The van der Waals surface area contributed by atoms with E-state index in [1.54, 1.807) is 13.3 Å². The van der Waals surface area contributed by atoms with Gasteiger partial charge in [-0.25, -0.2) is 4.98 Å². The minimum Gasteiger partial charge on any atom is -0.493 e. The molecule has 0 spiro atoms. The van der Waals surface area contributed by atoms with E-state index >= 15 is 0 Å². The minimum atomic E-state index is -0.927. The van der Waals surface area contributed by atoms with Crippen molar-refractivity contribution in [1.29, 1.82) is 0 Å². The quantitative estimate of drug-likeness (QED) is 0.438.